The van der Waals surface area contributed by atoms with Gasteiger partial charge in [0, 0.05) is 0 Å². The molecule has 0 radical (unpaired) electrons. The van der Waals surface area contributed by atoms with Crippen molar-refractivity contribution in [2.24, 2.45) is 0 Å². The SMILES string of the molecule is CCCCCCCC[S-].CCCCCCCC[S-].CCCCCCCC[S-].CCC[CH2][Sn+3]. The van der Waals surface area contributed by atoms with Crippen molar-refractivity contribution in [1.82, 2.24) is 0 Å². The molecule has 4 heteroatoms. The number of hydrogen-bond donors (Lipinski definition) is 0. The molecule has 0 saturated heterocycles. The third kappa shape index (κ3) is 63.5. The van der Waals surface area contributed by atoms with Crippen LogP contribution < -0.4 is 0 Å². The van der Waals surface area contributed by atoms with Crippen molar-refractivity contribution in [2.45, 2.75) is 161 Å². The number of hydrogen-bond acceptors (Lipinski definition) is 3. The van der Waals surface area contributed by atoms with Crippen LogP contribution in [0.2, 0.25) is 4.44 Å². The van der Waals surface area contributed by atoms with E-state index < -0.39 is 0 Å². The van der Waals surface area contributed by atoms with Gasteiger partial charge in [-0.05, 0) is 0 Å². The minimum absolute atomic E-state index is 0.951. The summed E-state index contributed by atoms with van der Waals surface area (Å²) in [4.78, 5) is 0. The van der Waals surface area contributed by atoms with E-state index in [4.69, 9.17) is 37.9 Å². The Morgan fingerprint density at radius 2 is 0.562 bits per heavy atom. The van der Waals surface area contributed by atoms with E-state index in [1.807, 2.05) is 0 Å². The van der Waals surface area contributed by atoms with Crippen molar-refractivity contribution < 1.29 is 0 Å². The van der Waals surface area contributed by atoms with Gasteiger partial charge in [0.2, 0.25) is 0 Å². The van der Waals surface area contributed by atoms with Gasteiger partial charge < -0.3 is 37.9 Å². The van der Waals surface area contributed by atoms with E-state index in [9.17, 15) is 0 Å². The second-order valence-corrected chi connectivity index (χ2v) is 11.2. The Morgan fingerprint density at radius 3 is 0.719 bits per heavy atom. The topological polar surface area (TPSA) is 0 Å². The van der Waals surface area contributed by atoms with Crippen LogP contribution in [0.25, 0.3) is 0 Å². The summed E-state index contributed by atoms with van der Waals surface area (Å²) >= 11 is 16.2. The molecular weight excluding hydrogens is 551 g/mol. The molecule has 0 aliphatic carbocycles. The Morgan fingerprint density at radius 1 is 0.344 bits per heavy atom. The van der Waals surface area contributed by atoms with Gasteiger partial charge >= 0.3 is 46.7 Å². The summed E-state index contributed by atoms with van der Waals surface area (Å²) < 4.78 is 1.43. The van der Waals surface area contributed by atoms with Crippen molar-refractivity contribution in [3.8, 4) is 0 Å². The molecule has 0 saturated carbocycles. The summed E-state index contributed by atoms with van der Waals surface area (Å²) in [7, 11) is 0. The molecule has 0 fully saturated rings. The molecule has 0 aromatic carbocycles. The molecule has 0 aliphatic rings. The van der Waals surface area contributed by atoms with E-state index in [2.05, 4.69) is 27.7 Å². The van der Waals surface area contributed by atoms with Gasteiger partial charge in [0.05, 0.1) is 0 Å². The molecular formula is C28H60S3Sn. The first-order valence-corrected chi connectivity index (χ1v) is 17.8. The molecule has 0 heterocycles. The molecule has 0 aromatic heterocycles. The first-order chi connectivity index (χ1) is 15.7. The fourth-order valence-corrected chi connectivity index (χ4v) is 4.45. The second-order valence-electron chi connectivity index (χ2n) is 8.52. The monoisotopic (exact) mass is 612 g/mol. The van der Waals surface area contributed by atoms with E-state index in [1.54, 1.807) is 22.5 Å². The van der Waals surface area contributed by atoms with Crippen LogP contribution in [0.1, 0.15) is 156 Å². The maximum atomic E-state index is 4.83. The van der Waals surface area contributed by atoms with Gasteiger partial charge in [0.1, 0.15) is 0 Å². The van der Waals surface area contributed by atoms with Crippen molar-refractivity contribution in [1.29, 1.82) is 0 Å². The predicted molar refractivity (Wildman–Crippen MR) is 162 cm³/mol. The van der Waals surface area contributed by atoms with Gasteiger partial charge in [-0.25, -0.2) is 0 Å². The van der Waals surface area contributed by atoms with E-state index in [-0.39, 0.29) is 0 Å². The summed E-state index contributed by atoms with van der Waals surface area (Å²) in [5.41, 5.74) is 0. The molecule has 0 unspecified atom stereocenters. The van der Waals surface area contributed by atoms with Crippen LogP contribution in [0.3, 0.4) is 0 Å². The molecule has 0 aromatic rings. The maximum absolute atomic E-state index is 4.83. The van der Waals surface area contributed by atoms with Gasteiger partial charge in [-0.15, -0.1) is 0 Å². The third-order valence-electron chi connectivity index (χ3n) is 5.02. The Kier molecular flexibility index (Phi) is 63.9. The third-order valence-corrected chi connectivity index (χ3v) is 6.90. The average Bonchev–Trinajstić information content (AvgIpc) is 2.81. The van der Waals surface area contributed by atoms with Crippen LogP contribution in [-0.2, 0) is 37.9 Å². The quantitative estimate of drug-likeness (QED) is 0.0764. The Bertz CT molecular complexity index is 187. The van der Waals surface area contributed by atoms with Gasteiger partial charge in [0.15, 0.2) is 0 Å². The molecule has 0 aliphatic heterocycles. The van der Waals surface area contributed by atoms with E-state index in [0.29, 0.717) is 0 Å². The van der Waals surface area contributed by atoms with Crippen LogP contribution in [-0.4, -0.2) is 39.8 Å². The fraction of sp³-hybridized carbons (Fsp3) is 1.00. The van der Waals surface area contributed by atoms with Crippen molar-refractivity contribution in [3.05, 3.63) is 0 Å². The summed E-state index contributed by atoms with van der Waals surface area (Å²) in [6.07, 6.45) is 27.2. The van der Waals surface area contributed by atoms with E-state index in [1.165, 1.54) is 133 Å². The molecule has 194 valence electrons. The van der Waals surface area contributed by atoms with Gasteiger partial charge in [-0.2, -0.15) is 17.3 Å². The summed E-state index contributed by atoms with van der Waals surface area (Å²) in [6, 6.07) is 0. The van der Waals surface area contributed by atoms with Gasteiger partial charge in [0.25, 0.3) is 0 Å². The van der Waals surface area contributed by atoms with Crippen molar-refractivity contribution in [2.75, 3.05) is 17.3 Å². The Hall–Kier alpha value is 1.85. The predicted octanol–water partition coefficient (Wildman–Crippen LogP) is 10.1. The summed E-state index contributed by atoms with van der Waals surface area (Å²) in [5.74, 6) is 2.85. The zero-order valence-corrected chi connectivity index (χ0v) is 28.0. The van der Waals surface area contributed by atoms with Crippen LogP contribution in [0, 0.1) is 0 Å². The Labute approximate surface area is 236 Å². The number of rotatable bonds is 20. The molecule has 0 bridgehead atoms. The summed E-state index contributed by atoms with van der Waals surface area (Å²) in [6.45, 7) is 8.96. The molecule has 0 rings (SSSR count). The fourth-order valence-electron chi connectivity index (χ4n) is 2.82. The molecule has 0 N–H and O–H groups in total. The van der Waals surface area contributed by atoms with Crippen molar-refractivity contribution >= 4 is 60.4 Å². The Balaban J connectivity index is -0.000000167. The standard InChI is InChI=1S/3C8H18S.C4H9.Sn/c3*1-2-3-4-5-6-7-8-9;1-3-4-2;/h3*9H,2-8H2,1H3;1,3-4H2,2H3;/q;;;;+3/p-3. The van der Waals surface area contributed by atoms with Crippen molar-refractivity contribution in [3.63, 3.8) is 0 Å². The van der Waals surface area contributed by atoms with Crippen LogP contribution >= 0.6 is 0 Å². The first kappa shape index (κ1) is 41.0. The number of unbranched alkanes of at least 4 members (excludes halogenated alkanes) is 16. The minimum atomic E-state index is 0.951. The second kappa shape index (κ2) is 49.9. The van der Waals surface area contributed by atoms with Gasteiger partial charge in [-0.1, -0.05) is 136 Å². The van der Waals surface area contributed by atoms with Crippen LogP contribution in [0.5, 0.6) is 0 Å². The normalized spacial score (nSPS) is 9.78. The molecule has 0 amide bonds. The molecule has 0 atom stereocenters. The van der Waals surface area contributed by atoms with Crippen LogP contribution in [0.4, 0.5) is 0 Å². The molecule has 0 nitrogen and oxygen atoms in total. The van der Waals surface area contributed by atoms with E-state index >= 15 is 0 Å². The molecule has 32 heavy (non-hydrogen) atoms. The van der Waals surface area contributed by atoms with Gasteiger partial charge in [-0.3, -0.25) is 0 Å². The average molecular weight is 612 g/mol. The molecule has 0 spiro atoms. The first-order valence-electron chi connectivity index (χ1n) is 14.0. The van der Waals surface area contributed by atoms with E-state index in [0.717, 1.165) is 17.3 Å². The zero-order chi connectivity index (χ0) is 25.0. The summed E-state index contributed by atoms with van der Waals surface area (Å²) in [5, 5.41) is 0. The zero-order valence-electron chi connectivity index (χ0n) is 22.7. The van der Waals surface area contributed by atoms with Crippen LogP contribution in [0.15, 0.2) is 0 Å².